The number of nitrogens with zero attached hydrogens (tertiary/aromatic N) is 4. The maximum atomic E-state index is 13.2. The average Bonchev–Trinajstić information content (AvgIpc) is 3.46. The van der Waals surface area contributed by atoms with E-state index in [-0.39, 0.29) is 24.3 Å². The standard InChI is InChI=1S/C24H28N4O2/c1-23(2,13-21(29)27-16-18-7-3-4-8-19(18)17-27)24(10-6-11-26-24)14-22(30)28-12-5-9-20(28)15-25/h3-4,6-8,10-11,20H,5,9,12-14,16-17H2,1-2H3. The van der Waals surface area contributed by atoms with Gasteiger partial charge in [-0.3, -0.25) is 14.6 Å². The Morgan fingerprint density at radius 1 is 1.23 bits per heavy atom. The molecule has 2 amide bonds. The number of likely N-dealkylation sites (tertiary alicyclic amines) is 1. The van der Waals surface area contributed by atoms with Crippen LogP contribution in [0.25, 0.3) is 0 Å². The van der Waals surface area contributed by atoms with E-state index in [0.29, 0.717) is 26.1 Å². The molecule has 1 aromatic carbocycles. The first kappa shape index (κ1) is 20.3. The van der Waals surface area contributed by atoms with Crippen molar-refractivity contribution in [1.29, 1.82) is 5.26 Å². The third-order valence-electron chi connectivity index (χ3n) is 6.86. The van der Waals surface area contributed by atoms with Crippen LogP contribution < -0.4 is 0 Å². The second-order valence-corrected chi connectivity index (χ2v) is 9.19. The van der Waals surface area contributed by atoms with Gasteiger partial charge in [0.2, 0.25) is 11.8 Å². The van der Waals surface area contributed by atoms with E-state index in [0.717, 1.165) is 12.8 Å². The van der Waals surface area contributed by atoms with Crippen LogP contribution in [-0.2, 0) is 22.7 Å². The van der Waals surface area contributed by atoms with Crippen LogP contribution in [0.5, 0.6) is 0 Å². The van der Waals surface area contributed by atoms with Gasteiger partial charge < -0.3 is 9.80 Å². The van der Waals surface area contributed by atoms with E-state index >= 15 is 0 Å². The minimum atomic E-state index is -0.769. The summed E-state index contributed by atoms with van der Waals surface area (Å²) in [6, 6.07) is 10.0. The summed E-state index contributed by atoms with van der Waals surface area (Å²) in [4.78, 5) is 34.5. The molecule has 156 valence electrons. The zero-order valence-electron chi connectivity index (χ0n) is 17.7. The largest absolute Gasteiger partial charge is 0.334 e. The highest BCUT2D eigenvalue weighted by molar-refractivity contribution is 5.84. The summed E-state index contributed by atoms with van der Waals surface area (Å²) >= 11 is 0. The molecular weight excluding hydrogens is 376 g/mol. The molecule has 3 aliphatic rings. The van der Waals surface area contributed by atoms with Gasteiger partial charge in [0, 0.05) is 37.7 Å². The predicted molar refractivity (Wildman–Crippen MR) is 114 cm³/mol. The van der Waals surface area contributed by atoms with E-state index in [1.54, 1.807) is 11.1 Å². The molecule has 0 spiro atoms. The molecule has 6 heteroatoms. The van der Waals surface area contributed by atoms with Gasteiger partial charge in [-0.15, -0.1) is 0 Å². The third kappa shape index (κ3) is 3.54. The van der Waals surface area contributed by atoms with Gasteiger partial charge in [-0.1, -0.05) is 44.2 Å². The Labute approximate surface area is 177 Å². The Balaban J connectivity index is 1.48. The highest BCUT2D eigenvalue weighted by atomic mass is 16.2. The lowest BCUT2D eigenvalue weighted by Gasteiger charge is -2.41. The number of hydrogen-bond donors (Lipinski definition) is 0. The molecule has 0 aliphatic carbocycles. The van der Waals surface area contributed by atoms with Crippen LogP contribution in [0.4, 0.5) is 0 Å². The molecule has 4 rings (SSSR count). The summed E-state index contributed by atoms with van der Waals surface area (Å²) in [7, 11) is 0. The van der Waals surface area contributed by atoms with Crippen molar-refractivity contribution in [3.8, 4) is 6.07 Å². The molecular formula is C24H28N4O2. The Morgan fingerprint density at radius 2 is 1.93 bits per heavy atom. The zero-order chi connectivity index (χ0) is 21.4. The van der Waals surface area contributed by atoms with Gasteiger partial charge in [-0.25, -0.2) is 0 Å². The van der Waals surface area contributed by atoms with E-state index in [9.17, 15) is 14.9 Å². The first-order valence-electron chi connectivity index (χ1n) is 10.6. The van der Waals surface area contributed by atoms with Crippen molar-refractivity contribution in [2.75, 3.05) is 6.54 Å². The number of nitriles is 1. The van der Waals surface area contributed by atoms with Crippen LogP contribution in [0, 0.1) is 16.7 Å². The van der Waals surface area contributed by atoms with Crippen LogP contribution >= 0.6 is 0 Å². The second kappa shape index (κ2) is 7.71. The highest BCUT2D eigenvalue weighted by Gasteiger charge is 2.48. The molecule has 0 aromatic heterocycles. The molecule has 1 fully saturated rings. The molecule has 1 aromatic rings. The fourth-order valence-corrected chi connectivity index (χ4v) is 4.85. The van der Waals surface area contributed by atoms with Gasteiger partial charge in [0.25, 0.3) is 0 Å². The van der Waals surface area contributed by atoms with Crippen molar-refractivity contribution in [3.63, 3.8) is 0 Å². The van der Waals surface area contributed by atoms with Gasteiger partial charge in [0.15, 0.2) is 0 Å². The summed E-state index contributed by atoms with van der Waals surface area (Å²) in [5.74, 6) is 0.0199. The first-order chi connectivity index (χ1) is 14.4. The lowest BCUT2D eigenvalue weighted by molar-refractivity contribution is -0.137. The summed E-state index contributed by atoms with van der Waals surface area (Å²) in [5.41, 5.74) is 1.09. The van der Waals surface area contributed by atoms with E-state index in [4.69, 9.17) is 0 Å². The number of fused-ring (bicyclic) bond motifs is 1. The van der Waals surface area contributed by atoms with E-state index in [1.165, 1.54) is 11.1 Å². The average molecular weight is 405 g/mol. The van der Waals surface area contributed by atoms with Crippen molar-refractivity contribution in [2.24, 2.45) is 10.4 Å². The van der Waals surface area contributed by atoms with Gasteiger partial charge in [-0.05, 0) is 30.0 Å². The van der Waals surface area contributed by atoms with Gasteiger partial charge in [0.05, 0.1) is 18.0 Å². The fraction of sp³-hybridized carbons (Fsp3) is 0.500. The van der Waals surface area contributed by atoms with E-state index in [1.807, 2.05) is 43.0 Å². The van der Waals surface area contributed by atoms with Crippen molar-refractivity contribution in [1.82, 2.24) is 9.80 Å². The van der Waals surface area contributed by atoms with Crippen LogP contribution in [0.15, 0.2) is 41.4 Å². The molecule has 1 saturated heterocycles. The van der Waals surface area contributed by atoms with Crippen LogP contribution in [0.3, 0.4) is 0 Å². The van der Waals surface area contributed by atoms with Crippen molar-refractivity contribution >= 4 is 18.0 Å². The van der Waals surface area contributed by atoms with Gasteiger partial charge in [-0.2, -0.15) is 5.26 Å². The number of carbonyl (C=O) groups is 2. The van der Waals surface area contributed by atoms with Crippen LogP contribution in [0.2, 0.25) is 0 Å². The highest BCUT2D eigenvalue weighted by Crippen LogP contribution is 2.44. The minimum Gasteiger partial charge on any atom is -0.334 e. The topological polar surface area (TPSA) is 76.8 Å². The summed E-state index contributed by atoms with van der Waals surface area (Å²) in [6.07, 6.45) is 7.60. The monoisotopic (exact) mass is 404 g/mol. The Kier molecular flexibility index (Phi) is 5.23. The van der Waals surface area contributed by atoms with E-state index in [2.05, 4.69) is 23.2 Å². The Bertz CT molecular complexity index is 919. The Morgan fingerprint density at radius 3 is 2.53 bits per heavy atom. The number of allylic oxidation sites excluding steroid dienone is 1. The van der Waals surface area contributed by atoms with Gasteiger partial charge in [0.1, 0.15) is 6.04 Å². The summed E-state index contributed by atoms with van der Waals surface area (Å²) < 4.78 is 0. The molecule has 3 heterocycles. The minimum absolute atomic E-state index is 0.0585. The molecule has 0 bridgehead atoms. The number of aliphatic imine (C=N–C) groups is 1. The summed E-state index contributed by atoms with van der Waals surface area (Å²) in [6.45, 7) is 5.91. The first-order valence-corrected chi connectivity index (χ1v) is 10.6. The molecule has 2 unspecified atom stereocenters. The lowest BCUT2D eigenvalue weighted by atomic mass is 9.68. The van der Waals surface area contributed by atoms with E-state index < -0.39 is 11.0 Å². The molecule has 6 nitrogen and oxygen atoms in total. The molecule has 3 aliphatic heterocycles. The van der Waals surface area contributed by atoms with Crippen LogP contribution in [0.1, 0.15) is 50.7 Å². The number of carbonyl (C=O) groups excluding carboxylic acids is 2. The SMILES string of the molecule is CC(C)(CC(=O)N1Cc2ccccc2C1)C1(CC(=O)N2CCCC2C#N)C=CC=N1. The second-order valence-electron chi connectivity index (χ2n) is 9.19. The maximum absolute atomic E-state index is 13.2. The summed E-state index contributed by atoms with van der Waals surface area (Å²) in [5, 5.41) is 9.35. The molecule has 0 saturated carbocycles. The quantitative estimate of drug-likeness (QED) is 0.756. The predicted octanol–water partition coefficient (Wildman–Crippen LogP) is 3.23. The molecule has 0 N–H and O–H groups in total. The molecule has 2 atom stereocenters. The van der Waals surface area contributed by atoms with Crippen molar-refractivity contribution in [3.05, 3.63) is 47.5 Å². The maximum Gasteiger partial charge on any atom is 0.226 e. The lowest BCUT2D eigenvalue weighted by Crippen LogP contribution is -2.48. The molecule has 0 radical (unpaired) electrons. The van der Waals surface area contributed by atoms with Crippen molar-refractivity contribution in [2.45, 2.75) is 64.2 Å². The zero-order valence-corrected chi connectivity index (χ0v) is 17.7. The van der Waals surface area contributed by atoms with Crippen LogP contribution in [-0.4, -0.2) is 46.0 Å². The number of benzene rings is 1. The van der Waals surface area contributed by atoms with Crippen molar-refractivity contribution < 1.29 is 9.59 Å². The normalized spacial score (nSPS) is 24.9. The van der Waals surface area contributed by atoms with Gasteiger partial charge >= 0.3 is 0 Å². The Hall–Kier alpha value is -2.94. The fourth-order valence-electron chi connectivity index (χ4n) is 4.85. The number of hydrogen-bond acceptors (Lipinski definition) is 4. The number of amides is 2. The molecule has 30 heavy (non-hydrogen) atoms. The smallest absolute Gasteiger partial charge is 0.226 e. The number of rotatable bonds is 5. The third-order valence-corrected chi connectivity index (χ3v) is 6.86.